The first-order valence-corrected chi connectivity index (χ1v) is 10.4. The second kappa shape index (κ2) is 7.58. The second-order valence-corrected chi connectivity index (χ2v) is 8.98. The molecule has 0 radical (unpaired) electrons. The van der Waals surface area contributed by atoms with Gasteiger partial charge in [-0.25, -0.2) is 8.42 Å². The summed E-state index contributed by atoms with van der Waals surface area (Å²) in [5.41, 5.74) is 0. The van der Waals surface area contributed by atoms with Gasteiger partial charge in [0.1, 0.15) is 12.4 Å². The quantitative estimate of drug-likeness (QED) is 0.809. The Bertz CT molecular complexity index is 645. The standard InChI is InChI=1S/C16H23ClN2O4S/c17-13-1-3-14(4-2-13)23-10-9-18-5-7-19(8-6-18)15-11-24(21,22)12-16(15)20/h1-4,15-16,20H,5-12H2/t15-,16+/m0/s1. The van der Waals surface area contributed by atoms with Crippen molar-refractivity contribution in [2.75, 3.05) is 50.8 Å². The smallest absolute Gasteiger partial charge is 0.154 e. The van der Waals surface area contributed by atoms with E-state index in [1.807, 2.05) is 12.1 Å². The van der Waals surface area contributed by atoms with Crippen LogP contribution in [-0.2, 0) is 9.84 Å². The summed E-state index contributed by atoms with van der Waals surface area (Å²) < 4.78 is 29.0. The Hall–Kier alpha value is -0.860. The molecule has 0 bridgehead atoms. The van der Waals surface area contributed by atoms with Gasteiger partial charge in [0, 0.05) is 37.7 Å². The van der Waals surface area contributed by atoms with Gasteiger partial charge in [0.15, 0.2) is 9.84 Å². The van der Waals surface area contributed by atoms with E-state index in [9.17, 15) is 13.5 Å². The van der Waals surface area contributed by atoms with Crippen LogP contribution in [0.3, 0.4) is 0 Å². The normalized spacial score (nSPS) is 28.1. The Morgan fingerprint density at radius 2 is 1.79 bits per heavy atom. The van der Waals surface area contributed by atoms with E-state index in [1.165, 1.54) is 0 Å². The first-order valence-electron chi connectivity index (χ1n) is 8.16. The first-order chi connectivity index (χ1) is 11.4. The monoisotopic (exact) mass is 374 g/mol. The molecule has 2 aliphatic heterocycles. The number of benzene rings is 1. The SMILES string of the molecule is O=S1(=O)C[C@@H](O)[C@@H](N2CCN(CCOc3ccc(Cl)cc3)CC2)C1. The number of hydrogen-bond donors (Lipinski definition) is 1. The van der Waals surface area contributed by atoms with E-state index >= 15 is 0 Å². The predicted octanol–water partition coefficient (Wildman–Crippen LogP) is 0.494. The van der Waals surface area contributed by atoms with Crippen LogP contribution in [0.4, 0.5) is 0 Å². The van der Waals surface area contributed by atoms with Crippen LogP contribution in [0.15, 0.2) is 24.3 Å². The largest absolute Gasteiger partial charge is 0.492 e. The van der Waals surface area contributed by atoms with Crippen molar-refractivity contribution in [3.63, 3.8) is 0 Å². The van der Waals surface area contributed by atoms with Crippen LogP contribution in [0.5, 0.6) is 5.75 Å². The minimum Gasteiger partial charge on any atom is -0.492 e. The lowest BCUT2D eigenvalue weighted by molar-refractivity contribution is 0.0410. The molecule has 1 N–H and O–H groups in total. The molecule has 6 nitrogen and oxygen atoms in total. The molecule has 8 heteroatoms. The number of sulfone groups is 1. The Kier molecular flexibility index (Phi) is 5.66. The summed E-state index contributed by atoms with van der Waals surface area (Å²) in [5.74, 6) is 0.776. The van der Waals surface area contributed by atoms with Crippen LogP contribution in [-0.4, -0.2) is 86.3 Å². The number of halogens is 1. The molecule has 0 saturated carbocycles. The van der Waals surface area contributed by atoms with Gasteiger partial charge in [0.05, 0.1) is 23.7 Å². The van der Waals surface area contributed by atoms with E-state index in [0.29, 0.717) is 11.6 Å². The maximum absolute atomic E-state index is 11.6. The summed E-state index contributed by atoms with van der Waals surface area (Å²) >= 11 is 5.84. The van der Waals surface area contributed by atoms with Gasteiger partial charge in [-0.05, 0) is 24.3 Å². The molecular formula is C16H23ClN2O4S. The molecule has 1 aromatic carbocycles. The van der Waals surface area contributed by atoms with E-state index in [0.717, 1.165) is 38.5 Å². The molecule has 0 amide bonds. The third-order valence-electron chi connectivity index (χ3n) is 4.66. The molecule has 0 aromatic heterocycles. The molecule has 0 aliphatic carbocycles. The summed E-state index contributed by atoms with van der Waals surface area (Å²) in [6, 6.07) is 7.06. The molecule has 2 heterocycles. The lowest BCUT2D eigenvalue weighted by Crippen LogP contribution is -2.54. The van der Waals surface area contributed by atoms with Gasteiger partial charge in [0.2, 0.25) is 0 Å². The van der Waals surface area contributed by atoms with Crippen LogP contribution in [0, 0.1) is 0 Å². The lowest BCUT2D eigenvalue weighted by atomic mass is 10.1. The molecule has 2 aliphatic rings. The molecular weight excluding hydrogens is 352 g/mol. The number of nitrogens with zero attached hydrogens (tertiary/aromatic N) is 2. The highest BCUT2D eigenvalue weighted by Crippen LogP contribution is 2.20. The van der Waals surface area contributed by atoms with Gasteiger partial charge in [-0.2, -0.15) is 0 Å². The molecule has 2 saturated heterocycles. The minimum absolute atomic E-state index is 0.0772. The Balaban J connectivity index is 1.40. The maximum atomic E-state index is 11.6. The number of hydrogen-bond acceptors (Lipinski definition) is 6. The third-order valence-corrected chi connectivity index (χ3v) is 6.61. The van der Waals surface area contributed by atoms with E-state index in [-0.39, 0.29) is 17.5 Å². The fourth-order valence-electron chi connectivity index (χ4n) is 3.30. The van der Waals surface area contributed by atoms with Crippen molar-refractivity contribution in [3.05, 3.63) is 29.3 Å². The fourth-order valence-corrected chi connectivity index (χ4v) is 5.26. The summed E-state index contributed by atoms with van der Waals surface area (Å²) in [6.45, 7) is 4.68. The fraction of sp³-hybridized carbons (Fsp3) is 0.625. The van der Waals surface area contributed by atoms with Crippen LogP contribution < -0.4 is 4.74 Å². The Morgan fingerprint density at radius 3 is 2.38 bits per heavy atom. The van der Waals surface area contributed by atoms with Crippen molar-refractivity contribution in [3.8, 4) is 5.75 Å². The van der Waals surface area contributed by atoms with Crippen molar-refractivity contribution in [1.29, 1.82) is 0 Å². The van der Waals surface area contributed by atoms with Gasteiger partial charge >= 0.3 is 0 Å². The molecule has 1 aromatic rings. The van der Waals surface area contributed by atoms with E-state index < -0.39 is 15.9 Å². The lowest BCUT2D eigenvalue weighted by Gasteiger charge is -2.38. The van der Waals surface area contributed by atoms with Gasteiger partial charge < -0.3 is 9.84 Å². The van der Waals surface area contributed by atoms with Crippen molar-refractivity contribution in [2.45, 2.75) is 12.1 Å². The number of rotatable bonds is 5. The average Bonchev–Trinajstić information content (AvgIpc) is 2.83. The predicted molar refractivity (Wildman–Crippen MR) is 93.4 cm³/mol. The van der Waals surface area contributed by atoms with Gasteiger partial charge in [0.25, 0.3) is 0 Å². The van der Waals surface area contributed by atoms with Gasteiger partial charge in [-0.1, -0.05) is 11.6 Å². The number of aliphatic hydroxyl groups is 1. The summed E-state index contributed by atoms with van der Waals surface area (Å²) in [5, 5.41) is 10.7. The highest BCUT2D eigenvalue weighted by atomic mass is 35.5. The number of aliphatic hydroxyl groups excluding tert-OH is 1. The average molecular weight is 375 g/mol. The molecule has 3 rings (SSSR count). The van der Waals surface area contributed by atoms with Crippen LogP contribution in [0.2, 0.25) is 5.02 Å². The van der Waals surface area contributed by atoms with Crippen molar-refractivity contribution >= 4 is 21.4 Å². The van der Waals surface area contributed by atoms with Crippen molar-refractivity contribution < 1.29 is 18.3 Å². The minimum atomic E-state index is -3.09. The summed E-state index contributed by atoms with van der Waals surface area (Å²) in [6.07, 6.45) is -0.755. The summed E-state index contributed by atoms with van der Waals surface area (Å²) in [7, 11) is -3.09. The molecule has 24 heavy (non-hydrogen) atoms. The van der Waals surface area contributed by atoms with E-state index in [4.69, 9.17) is 16.3 Å². The zero-order valence-electron chi connectivity index (χ0n) is 13.5. The highest BCUT2D eigenvalue weighted by Gasteiger charge is 2.40. The molecule has 0 unspecified atom stereocenters. The molecule has 2 fully saturated rings. The van der Waals surface area contributed by atoms with Crippen LogP contribution in [0.25, 0.3) is 0 Å². The zero-order chi connectivity index (χ0) is 17.2. The maximum Gasteiger partial charge on any atom is 0.154 e. The molecule has 0 spiro atoms. The van der Waals surface area contributed by atoms with Gasteiger partial charge in [-0.3, -0.25) is 9.80 Å². The molecule has 2 atom stereocenters. The number of piperazine rings is 1. The zero-order valence-corrected chi connectivity index (χ0v) is 15.0. The van der Waals surface area contributed by atoms with Crippen molar-refractivity contribution in [1.82, 2.24) is 9.80 Å². The van der Waals surface area contributed by atoms with E-state index in [1.54, 1.807) is 12.1 Å². The Morgan fingerprint density at radius 1 is 1.12 bits per heavy atom. The summed E-state index contributed by atoms with van der Waals surface area (Å²) in [4.78, 5) is 4.40. The second-order valence-electron chi connectivity index (χ2n) is 6.39. The molecule has 134 valence electrons. The third kappa shape index (κ3) is 4.61. The topological polar surface area (TPSA) is 70.1 Å². The van der Waals surface area contributed by atoms with Gasteiger partial charge in [-0.15, -0.1) is 0 Å². The van der Waals surface area contributed by atoms with E-state index in [2.05, 4.69) is 9.80 Å². The van der Waals surface area contributed by atoms with Crippen molar-refractivity contribution in [2.24, 2.45) is 0 Å². The Labute approximate surface area is 147 Å². The highest BCUT2D eigenvalue weighted by molar-refractivity contribution is 7.91. The first kappa shape index (κ1) is 17.9. The number of ether oxygens (including phenoxy) is 1. The van der Waals surface area contributed by atoms with Crippen LogP contribution in [0.1, 0.15) is 0 Å². The van der Waals surface area contributed by atoms with Crippen LogP contribution >= 0.6 is 11.6 Å².